The lowest BCUT2D eigenvalue weighted by atomic mass is 9.95. The Kier molecular flexibility index (Phi) is 2.92. The normalized spacial score (nSPS) is 12.3. The summed E-state index contributed by atoms with van der Waals surface area (Å²) < 4.78 is 4.77. The molecule has 0 unspecified atom stereocenters. The van der Waals surface area contributed by atoms with Crippen molar-refractivity contribution in [2.24, 2.45) is 0 Å². The Morgan fingerprint density at radius 3 is 2.79 bits per heavy atom. The van der Waals surface area contributed by atoms with Gasteiger partial charge in [-0.05, 0) is 40.8 Å². The number of allylic oxidation sites excluding steroid dienone is 1. The van der Waals surface area contributed by atoms with Crippen LogP contribution in [0.15, 0.2) is 48.5 Å². The molecule has 0 aliphatic heterocycles. The molecule has 19 heavy (non-hydrogen) atoms. The molecule has 0 atom stereocenters. The zero-order valence-corrected chi connectivity index (χ0v) is 10.7. The number of carbonyl (C=O) groups is 1. The highest BCUT2D eigenvalue weighted by atomic mass is 16.5. The van der Waals surface area contributed by atoms with Crippen LogP contribution in [-0.2, 0) is 11.2 Å². The lowest BCUT2D eigenvalue weighted by Gasteiger charge is -2.10. The van der Waals surface area contributed by atoms with Crippen LogP contribution in [0.2, 0.25) is 0 Å². The van der Waals surface area contributed by atoms with Crippen LogP contribution in [0, 0.1) is 0 Å². The number of ether oxygens (including phenoxy) is 1. The van der Waals surface area contributed by atoms with E-state index in [0.29, 0.717) is 5.56 Å². The first-order chi connectivity index (χ1) is 9.29. The predicted molar refractivity (Wildman–Crippen MR) is 76.0 cm³/mol. The molecule has 0 N–H and O–H groups in total. The van der Waals surface area contributed by atoms with E-state index in [4.69, 9.17) is 4.74 Å². The van der Waals surface area contributed by atoms with Crippen molar-refractivity contribution in [3.63, 3.8) is 0 Å². The van der Waals surface area contributed by atoms with Gasteiger partial charge in [-0.1, -0.05) is 42.5 Å². The number of methoxy groups -OCH3 is 1. The van der Waals surface area contributed by atoms with E-state index in [9.17, 15) is 4.79 Å². The molecule has 2 aromatic carbocycles. The minimum absolute atomic E-state index is 0.288. The average molecular weight is 250 g/mol. The predicted octanol–water partition coefficient (Wildman–Crippen LogP) is 3.71. The van der Waals surface area contributed by atoms with Crippen molar-refractivity contribution in [3.8, 4) is 11.1 Å². The van der Waals surface area contributed by atoms with Crippen LogP contribution in [0.25, 0.3) is 17.2 Å². The van der Waals surface area contributed by atoms with Gasteiger partial charge in [-0.2, -0.15) is 0 Å². The van der Waals surface area contributed by atoms with Crippen molar-refractivity contribution in [2.75, 3.05) is 7.11 Å². The largest absolute Gasteiger partial charge is 0.465 e. The Balaban J connectivity index is 2.17. The van der Waals surface area contributed by atoms with E-state index in [2.05, 4.69) is 24.3 Å². The molecule has 0 heterocycles. The van der Waals surface area contributed by atoms with Crippen LogP contribution in [0.4, 0.5) is 0 Å². The number of benzene rings is 2. The average Bonchev–Trinajstić information content (AvgIpc) is 2.65. The minimum atomic E-state index is -0.288. The van der Waals surface area contributed by atoms with Crippen molar-refractivity contribution in [1.82, 2.24) is 0 Å². The quantitative estimate of drug-likeness (QED) is 0.721. The van der Waals surface area contributed by atoms with Gasteiger partial charge in [0.2, 0.25) is 0 Å². The van der Waals surface area contributed by atoms with E-state index in [0.717, 1.165) is 12.0 Å². The van der Waals surface area contributed by atoms with Gasteiger partial charge in [-0.15, -0.1) is 0 Å². The van der Waals surface area contributed by atoms with Crippen LogP contribution in [0.5, 0.6) is 0 Å². The summed E-state index contributed by atoms with van der Waals surface area (Å²) in [7, 11) is 1.41. The maximum Gasteiger partial charge on any atom is 0.337 e. The molecule has 0 amide bonds. The molecule has 3 rings (SSSR count). The lowest BCUT2D eigenvalue weighted by Crippen LogP contribution is -2.02. The van der Waals surface area contributed by atoms with E-state index in [1.165, 1.54) is 23.8 Å². The fourth-order valence-electron chi connectivity index (χ4n) is 2.47. The molecule has 0 saturated carbocycles. The number of hydrogen-bond donors (Lipinski definition) is 0. The first kappa shape index (κ1) is 11.7. The molecule has 1 aliphatic rings. The highest BCUT2D eigenvalue weighted by molar-refractivity contribution is 5.91. The first-order valence-corrected chi connectivity index (χ1v) is 6.27. The Bertz CT molecular complexity index is 669. The third-order valence-corrected chi connectivity index (χ3v) is 3.41. The van der Waals surface area contributed by atoms with Crippen LogP contribution >= 0.6 is 0 Å². The fourth-order valence-corrected chi connectivity index (χ4v) is 2.47. The molecule has 0 aromatic heterocycles. The van der Waals surface area contributed by atoms with Crippen molar-refractivity contribution < 1.29 is 9.53 Å². The standard InChI is InChI=1S/C17H14O2/c1-19-17(18)14-9-10-16-13(11-14)7-4-6-12-5-2-3-8-15(12)16/h2-6,8-11H,7H2,1H3. The maximum atomic E-state index is 11.6. The third-order valence-electron chi connectivity index (χ3n) is 3.41. The molecule has 0 bridgehead atoms. The van der Waals surface area contributed by atoms with E-state index < -0.39 is 0 Å². The number of hydrogen-bond acceptors (Lipinski definition) is 2. The van der Waals surface area contributed by atoms with Gasteiger partial charge < -0.3 is 4.74 Å². The van der Waals surface area contributed by atoms with Gasteiger partial charge in [0.15, 0.2) is 0 Å². The fraction of sp³-hybridized carbons (Fsp3) is 0.118. The summed E-state index contributed by atoms with van der Waals surface area (Å²) in [5.74, 6) is -0.288. The summed E-state index contributed by atoms with van der Waals surface area (Å²) in [6.07, 6.45) is 5.09. The van der Waals surface area contributed by atoms with E-state index in [-0.39, 0.29) is 5.97 Å². The Labute approximate surface area is 112 Å². The maximum absolute atomic E-state index is 11.6. The zero-order chi connectivity index (χ0) is 13.2. The second kappa shape index (κ2) is 4.73. The SMILES string of the molecule is COC(=O)c1ccc2c(c1)CC=Cc1ccccc1-2. The topological polar surface area (TPSA) is 26.3 Å². The van der Waals surface area contributed by atoms with Crippen LogP contribution < -0.4 is 0 Å². The van der Waals surface area contributed by atoms with Gasteiger partial charge >= 0.3 is 5.97 Å². The summed E-state index contributed by atoms with van der Waals surface area (Å²) in [4.78, 5) is 11.6. The Hall–Kier alpha value is -2.35. The molecule has 2 nitrogen and oxygen atoms in total. The van der Waals surface area contributed by atoms with E-state index in [1.54, 1.807) is 0 Å². The summed E-state index contributed by atoms with van der Waals surface area (Å²) in [5.41, 5.74) is 5.38. The van der Waals surface area contributed by atoms with Crippen molar-refractivity contribution in [1.29, 1.82) is 0 Å². The molecule has 0 spiro atoms. The summed E-state index contributed by atoms with van der Waals surface area (Å²) in [5, 5.41) is 0. The Morgan fingerprint density at radius 1 is 1.11 bits per heavy atom. The summed E-state index contributed by atoms with van der Waals surface area (Å²) in [6, 6.07) is 14.1. The smallest absolute Gasteiger partial charge is 0.337 e. The lowest BCUT2D eigenvalue weighted by molar-refractivity contribution is 0.0600. The molecule has 0 saturated heterocycles. The molecule has 94 valence electrons. The highest BCUT2D eigenvalue weighted by Crippen LogP contribution is 2.31. The summed E-state index contributed by atoms with van der Waals surface area (Å²) in [6.45, 7) is 0. The third kappa shape index (κ3) is 2.06. The monoisotopic (exact) mass is 250 g/mol. The molecular formula is C17H14O2. The van der Waals surface area contributed by atoms with Gasteiger partial charge in [-0.25, -0.2) is 4.79 Å². The van der Waals surface area contributed by atoms with Gasteiger partial charge in [0.1, 0.15) is 0 Å². The molecular weight excluding hydrogens is 236 g/mol. The van der Waals surface area contributed by atoms with Crippen molar-refractivity contribution >= 4 is 12.0 Å². The molecule has 2 aromatic rings. The number of carbonyl (C=O) groups excluding carboxylic acids is 1. The van der Waals surface area contributed by atoms with Crippen LogP contribution in [-0.4, -0.2) is 13.1 Å². The number of esters is 1. The molecule has 0 fully saturated rings. The highest BCUT2D eigenvalue weighted by Gasteiger charge is 2.13. The Morgan fingerprint density at radius 2 is 1.95 bits per heavy atom. The van der Waals surface area contributed by atoms with Crippen LogP contribution in [0.3, 0.4) is 0 Å². The zero-order valence-electron chi connectivity index (χ0n) is 10.7. The van der Waals surface area contributed by atoms with Crippen molar-refractivity contribution in [2.45, 2.75) is 6.42 Å². The molecule has 2 heteroatoms. The van der Waals surface area contributed by atoms with Crippen molar-refractivity contribution in [3.05, 3.63) is 65.2 Å². The molecule has 1 aliphatic carbocycles. The molecule has 0 radical (unpaired) electrons. The van der Waals surface area contributed by atoms with Crippen LogP contribution in [0.1, 0.15) is 21.5 Å². The van der Waals surface area contributed by atoms with E-state index in [1.807, 2.05) is 30.3 Å². The van der Waals surface area contributed by atoms with E-state index >= 15 is 0 Å². The van der Waals surface area contributed by atoms with Gasteiger partial charge in [0.25, 0.3) is 0 Å². The number of rotatable bonds is 1. The van der Waals surface area contributed by atoms with Gasteiger partial charge in [0, 0.05) is 0 Å². The minimum Gasteiger partial charge on any atom is -0.465 e. The number of fused-ring (bicyclic) bond motifs is 3. The second-order valence-electron chi connectivity index (χ2n) is 4.56. The summed E-state index contributed by atoms with van der Waals surface area (Å²) >= 11 is 0. The van der Waals surface area contributed by atoms with Gasteiger partial charge in [0.05, 0.1) is 12.7 Å². The first-order valence-electron chi connectivity index (χ1n) is 6.27. The van der Waals surface area contributed by atoms with Gasteiger partial charge in [-0.3, -0.25) is 0 Å². The second-order valence-corrected chi connectivity index (χ2v) is 4.56.